The van der Waals surface area contributed by atoms with E-state index in [4.69, 9.17) is 23.7 Å². The number of carbonyl (C=O) groups excluding carboxylic acids is 3. The highest BCUT2D eigenvalue weighted by Gasteiger charge is 2.51. The molecule has 0 N–H and O–H groups in total. The van der Waals surface area contributed by atoms with Gasteiger partial charge in [-0.25, -0.2) is 18.8 Å². The summed E-state index contributed by atoms with van der Waals surface area (Å²) in [4.78, 5) is 38.0. The quantitative estimate of drug-likeness (QED) is 0.333. The molecule has 0 bridgehead atoms. The number of halogens is 1. The number of hydrogen-bond acceptors (Lipinski definition) is 8. The van der Waals surface area contributed by atoms with Crippen LogP contribution >= 0.6 is 0 Å². The summed E-state index contributed by atoms with van der Waals surface area (Å²) in [7, 11) is 1.27. The van der Waals surface area contributed by atoms with Crippen molar-refractivity contribution < 1.29 is 42.5 Å². The van der Waals surface area contributed by atoms with Crippen LogP contribution in [0, 0.1) is 0 Å². The first-order chi connectivity index (χ1) is 18.0. The fourth-order valence-corrected chi connectivity index (χ4v) is 3.80. The molecule has 0 aromatic heterocycles. The van der Waals surface area contributed by atoms with Gasteiger partial charge in [-0.1, -0.05) is 54.6 Å². The lowest BCUT2D eigenvalue weighted by molar-refractivity contribution is -0.282. The molecule has 1 aliphatic rings. The van der Waals surface area contributed by atoms with Gasteiger partial charge in [0.25, 0.3) is 0 Å². The van der Waals surface area contributed by atoms with Gasteiger partial charge in [0.2, 0.25) is 0 Å². The van der Waals surface area contributed by atoms with E-state index in [2.05, 4.69) is 0 Å². The molecule has 8 nitrogen and oxygen atoms in total. The van der Waals surface area contributed by atoms with Crippen molar-refractivity contribution in [2.24, 2.45) is 0 Å². The first-order valence-corrected chi connectivity index (χ1v) is 11.5. The molecule has 1 heterocycles. The Hall–Kier alpha value is -4.08. The second kappa shape index (κ2) is 12.2. The molecule has 3 aromatic rings. The number of alkyl halides is 1. The Morgan fingerprint density at radius 1 is 0.703 bits per heavy atom. The van der Waals surface area contributed by atoms with Crippen LogP contribution in [0.15, 0.2) is 91.0 Å². The van der Waals surface area contributed by atoms with Gasteiger partial charge in [-0.15, -0.1) is 0 Å². The van der Waals surface area contributed by atoms with E-state index >= 15 is 4.39 Å². The van der Waals surface area contributed by atoms with Crippen molar-refractivity contribution in [1.82, 2.24) is 0 Å². The van der Waals surface area contributed by atoms with Gasteiger partial charge in [0.05, 0.1) is 16.7 Å². The van der Waals surface area contributed by atoms with Crippen molar-refractivity contribution in [2.75, 3.05) is 13.7 Å². The number of carbonyl (C=O) groups is 3. The van der Waals surface area contributed by atoms with Gasteiger partial charge in [0, 0.05) is 7.11 Å². The molecule has 1 saturated heterocycles. The monoisotopic (exact) mass is 508 g/mol. The summed E-state index contributed by atoms with van der Waals surface area (Å²) in [6.07, 6.45) is -7.75. The van der Waals surface area contributed by atoms with Gasteiger partial charge < -0.3 is 23.7 Å². The summed E-state index contributed by atoms with van der Waals surface area (Å²) >= 11 is 0. The van der Waals surface area contributed by atoms with E-state index in [-0.39, 0.29) is 16.7 Å². The Labute approximate surface area is 212 Å². The number of methoxy groups -OCH3 is 1. The largest absolute Gasteiger partial charge is 0.459 e. The number of esters is 3. The van der Waals surface area contributed by atoms with Crippen LogP contribution in [-0.4, -0.2) is 62.4 Å². The third kappa shape index (κ3) is 6.38. The lowest BCUT2D eigenvalue weighted by Crippen LogP contribution is -2.60. The van der Waals surface area contributed by atoms with E-state index in [9.17, 15) is 14.4 Å². The van der Waals surface area contributed by atoms with Gasteiger partial charge >= 0.3 is 17.9 Å². The summed E-state index contributed by atoms with van der Waals surface area (Å²) in [6.45, 7) is -0.493. The van der Waals surface area contributed by atoms with Crippen LogP contribution in [-0.2, 0) is 23.7 Å². The van der Waals surface area contributed by atoms with Gasteiger partial charge in [0.15, 0.2) is 24.7 Å². The van der Waals surface area contributed by atoms with Gasteiger partial charge in [-0.05, 0) is 36.4 Å². The highest BCUT2D eigenvalue weighted by atomic mass is 19.1. The zero-order chi connectivity index (χ0) is 26.2. The van der Waals surface area contributed by atoms with Gasteiger partial charge in [-0.3, -0.25) is 0 Å². The average molecular weight is 508 g/mol. The molecule has 5 atom stereocenters. The lowest BCUT2D eigenvalue weighted by atomic mass is 9.99. The molecule has 1 aliphatic heterocycles. The third-order valence-electron chi connectivity index (χ3n) is 5.70. The minimum Gasteiger partial charge on any atom is -0.459 e. The Balaban J connectivity index is 1.55. The molecule has 0 saturated carbocycles. The van der Waals surface area contributed by atoms with Gasteiger partial charge in [-0.2, -0.15) is 0 Å². The molecule has 192 valence electrons. The van der Waals surface area contributed by atoms with Crippen molar-refractivity contribution in [3.05, 3.63) is 108 Å². The fraction of sp³-hybridized carbons (Fsp3) is 0.250. The fourth-order valence-electron chi connectivity index (χ4n) is 3.80. The Morgan fingerprint density at radius 3 is 1.59 bits per heavy atom. The van der Waals surface area contributed by atoms with Crippen LogP contribution in [0.25, 0.3) is 0 Å². The van der Waals surface area contributed by atoms with E-state index in [0.29, 0.717) is 0 Å². The summed E-state index contributed by atoms with van der Waals surface area (Å²) < 4.78 is 43.1. The van der Waals surface area contributed by atoms with Gasteiger partial charge in [0.1, 0.15) is 12.7 Å². The minimum atomic E-state index is -2.02. The first-order valence-electron chi connectivity index (χ1n) is 11.5. The second-order valence-electron chi connectivity index (χ2n) is 8.16. The second-order valence-corrected chi connectivity index (χ2v) is 8.16. The van der Waals surface area contributed by atoms with Crippen LogP contribution in [0.4, 0.5) is 4.39 Å². The Kier molecular flexibility index (Phi) is 8.60. The first kappa shape index (κ1) is 26.0. The molecule has 0 amide bonds. The topological polar surface area (TPSA) is 97.4 Å². The van der Waals surface area contributed by atoms with Crippen molar-refractivity contribution in [3.8, 4) is 0 Å². The predicted octanol–water partition coefficient (Wildman–Crippen LogP) is 4.00. The summed E-state index contributed by atoms with van der Waals surface area (Å²) in [5.41, 5.74) is 0.661. The number of hydrogen-bond donors (Lipinski definition) is 0. The molecule has 0 spiro atoms. The van der Waals surface area contributed by atoms with Crippen molar-refractivity contribution in [2.45, 2.75) is 30.8 Å². The molecule has 0 radical (unpaired) electrons. The van der Waals surface area contributed by atoms with E-state index in [1.54, 1.807) is 66.7 Å². The third-order valence-corrected chi connectivity index (χ3v) is 5.70. The molecule has 4 rings (SSSR count). The normalized spacial score (nSPS) is 23.0. The minimum absolute atomic E-state index is 0.176. The molecule has 1 fully saturated rings. The van der Waals surface area contributed by atoms with Crippen LogP contribution in [0.2, 0.25) is 0 Å². The maximum atomic E-state index is 15.8. The molecule has 1 unspecified atom stereocenters. The smallest absolute Gasteiger partial charge is 0.338 e. The average Bonchev–Trinajstić information content (AvgIpc) is 2.95. The molecule has 3 aromatic carbocycles. The van der Waals surface area contributed by atoms with Crippen molar-refractivity contribution in [3.63, 3.8) is 0 Å². The number of rotatable bonds is 8. The van der Waals surface area contributed by atoms with Crippen molar-refractivity contribution in [1.29, 1.82) is 0 Å². The van der Waals surface area contributed by atoms with Crippen LogP contribution < -0.4 is 0 Å². The summed E-state index contributed by atoms with van der Waals surface area (Å²) in [6, 6.07) is 24.2. The molecular formula is C28H25FO8. The maximum Gasteiger partial charge on any atom is 0.338 e. The van der Waals surface area contributed by atoms with Crippen LogP contribution in [0.1, 0.15) is 31.1 Å². The zero-order valence-corrected chi connectivity index (χ0v) is 19.9. The number of benzene rings is 3. The standard InChI is InChI=1S/C28H25FO8/c1-33-28-24(37-27(32)20-15-9-4-10-16-20)23(36-26(31)19-13-7-3-8-14-19)22(29)21(35-28)17-34-25(30)18-11-5-2-6-12-18/h2-16,21-24,28H,17H2,1H3/t21-,22-,23?,24-,28+/m1/s1. The molecule has 0 aliphatic carbocycles. The Bertz CT molecular complexity index is 1190. The molecule has 37 heavy (non-hydrogen) atoms. The summed E-state index contributed by atoms with van der Waals surface area (Å²) in [5, 5.41) is 0. The van der Waals surface area contributed by atoms with E-state index in [1.807, 2.05) is 0 Å². The van der Waals surface area contributed by atoms with Crippen molar-refractivity contribution >= 4 is 17.9 Å². The maximum absolute atomic E-state index is 15.8. The van der Waals surface area contributed by atoms with Crippen LogP contribution in [0.3, 0.4) is 0 Å². The molecular weight excluding hydrogens is 483 g/mol. The van der Waals surface area contributed by atoms with Crippen LogP contribution in [0.5, 0.6) is 0 Å². The highest BCUT2D eigenvalue weighted by molar-refractivity contribution is 5.90. The zero-order valence-electron chi connectivity index (χ0n) is 19.9. The summed E-state index contributed by atoms with van der Waals surface area (Å²) in [5.74, 6) is -2.29. The predicted molar refractivity (Wildman–Crippen MR) is 129 cm³/mol. The highest BCUT2D eigenvalue weighted by Crippen LogP contribution is 2.30. The van der Waals surface area contributed by atoms with E-state index in [1.165, 1.54) is 31.4 Å². The molecule has 9 heteroatoms. The SMILES string of the molecule is CO[C@H]1O[C@H](COC(=O)c2ccccc2)[C@@H](F)C(OC(=O)c2ccccc2)[C@H]1OC(=O)c1ccccc1. The lowest BCUT2D eigenvalue weighted by Gasteiger charge is -2.41. The van der Waals surface area contributed by atoms with E-state index in [0.717, 1.165) is 0 Å². The van der Waals surface area contributed by atoms with E-state index < -0.39 is 55.3 Å². The Morgan fingerprint density at radius 2 is 1.14 bits per heavy atom. The number of ether oxygens (including phenoxy) is 5.